The standard InChI is InChI=1S/C22H25Cl2N3O5S/c1-22(2,3)32-20(28)13-27(33(30,31)18-11-15(23)10-16(24)12-18)17-5-6-19-14(9-17)7-8-26(19)21(29)25-4/h5-6,9-12H,7-8,13H2,1-4H3,(H,25,29). The molecule has 2 amide bonds. The number of anilines is 2. The zero-order valence-electron chi connectivity index (χ0n) is 18.7. The molecule has 0 radical (unpaired) electrons. The van der Waals surface area contributed by atoms with Crippen LogP contribution in [0.2, 0.25) is 10.0 Å². The molecular formula is C22H25Cl2N3O5S. The number of fused-ring (bicyclic) bond motifs is 1. The summed E-state index contributed by atoms with van der Waals surface area (Å²) in [5.74, 6) is -0.716. The lowest BCUT2D eigenvalue weighted by atomic mass is 10.1. The first-order valence-electron chi connectivity index (χ1n) is 10.1. The molecule has 0 saturated carbocycles. The number of urea groups is 1. The summed E-state index contributed by atoms with van der Waals surface area (Å²) in [6, 6.07) is 8.57. The number of carbonyl (C=O) groups excluding carboxylic acids is 2. The first-order chi connectivity index (χ1) is 15.3. The van der Waals surface area contributed by atoms with Gasteiger partial charge in [-0.1, -0.05) is 23.2 Å². The maximum atomic E-state index is 13.6. The molecule has 1 N–H and O–H groups in total. The van der Waals surface area contributed by atoms with Crippen LogP contribution in [0.5, 0.6) is 0 Å². The Balaban J connectivity index is 2.06. The molecule has 2 aromatic carbocycles. The highest BCUT2D eigenvalue weighted by atomic mass is 35.5. The van der Waals surface area contributed by atoms with E-state index in [1.54, 1.807) is 50.9 Å². The Kier molecular flexibility index (Phi) is 7.16. The smallest absolute Gasteiger partial charge is 0.327 e. The minimum atomic E-state index is -4.23. The normalized spacial score (nSPS) is 13.5. The molecular weight excluding hydrogens is 489 g/mol. The van der Waals surface area contributed by atoms with Crippen molar-refractivity contribution in [1.82, 2.24) is 5.32 Å². The lowest BCUT2D eigenvalue weighted by Gasteiger charge is -2.27. The van der Waals surface area contributed by atoms with Gasteiger partial charge in [-0.05, 0) is 69.2 Å². The SMILES string of the molecule is CNC(=O)N1CCc2cc(N(CC(=O)OC(C)(C)C)S(=O)(=O)c3cc(Cl)cc(Cl)c3)ccc21. The highest BCUT2D eigenvalue weighted by Gasteiger charge is 2.32. The summed E-state index contributed by atoms with van der Waals surface area (Å²) in [7, 11) is -2.69. The lowest BCUT2D eigenvalue weighted by Crippen LogP contribution is -2.39. The van der Waals surface area contributed by atoms with E-state index >= 15 is 0 Å². The number of hydrogen-bond acceptors (Lipinski definition) is 5. The minimum absolute atomic E-state index is 0.147. The molecule has 2 aromatic rings. The second-order valence-electron chi connectivity index (χ2n) is 8.47. The number of sulfonamides is 1. The van der Waals surface area contributed by atoms with Gasteiger partial charge in [-0.25, -0.2) is 13.2 Å². The molecule has 0 unspecified atom stereocenters. The van der Waals surface area contributed by atoms with Gasteiger partial charge >= 0.3 is 12.0 Å². The van der Waals surface area contributed by atoms with Gasteiger partial charge < -0.3 is 10.1 Å². The predicted octanol–water partition coefficient (Wildman–Crippen LogP) is 4.23. The van der Waals surface area contributed by atoms with E-state index in [0.717, 1.165) is 9.87 Å². The molecule has 33 heavy (non-hydrogen) atoms. The average molecular weight is 514 g/mol. The number of nitrogens with zero attached hydrogens (tertiary/aromatic N) is 2. The Morgan fingerprint density at radius 3 is 2.33 bits per heavy atom. The van der Waals surface area contributed by atoms with Gasteiger partial charge in [0.25, 0.3) is 10.0 Å². The number of rotatable bonds is 5. The number of carbonyl (C=O) groups is 2. The summed E-state index contributed by atoms with van der Waals surface area (Å²) < 4.78 is 33.5. The molecule has 1 heterocycles. The molecule has 1 aliphatic heterocycles. The summed E-state index contributed by atoms with van der Waals surface area (Å²) >= 11 is 12.1. The van der Waals surface area contributed by atoms with Crippen LogP contribution in [0.25, 0.3) is 0 Å². The fourth-order valence-electron chi connectivity index (χ4n) is 3.50. The van der Waals surface area contributed by atoms with Gasteiger partial charge in [0.2, 0.25) is 0 Å². The van der Waals surface area contributed by atoms with Crippen LogP contribution in [0.15, 0.2) is 41.3 Å². The number of hydrogen-bond donors (Lipinski definition) is 1. The molecule has 0 fully saturated rings. The van der Waals surface area contributed by atoms with E-state index in [9.17, 15) is 18.0 Å². The van der Waals surface area contributed by atoms with Crippen LogP contribution in [0, 0.1) is 0 Å². The van der Waals surface area contributed by atoms with Gasteiger partial charge in [0, 0.05) is 29.3 Å². The van der Waals surface area contributed by atoms with Crippen molar-refractivity contribution >= 4 is 56.6 Å². The Morgan fingerprint density at radius 1 is 1.12 bits per heavy atom. The van der Waals surface area contributed by atoms with Gasteiger partial charge in [0.05, 0.1) is 10.6 Å². The molecule has 1 aliphatic rings. The maximum absolute atomic E-state index is 13.6. The number of benzene rings is 2. The topological polar surface area (TPSA) is 96.0 Å². The average Bonchev–Trinajstić information content (AvgIpc) is 3.12. The largest absolute Gasteiger partial charge is 0.459 e. The zero-order valence-corrected chi connectivity index (χ0v) is 21.0. The number of ether oxygens (including phenoxy) is 1. The molecule has 178 valence electrons. The molecule has 0 saturated heterocycles. The molecule has 0 atom stereocenters. The van der Waals surface area contributed by atoms with E-state index in [4.69, 9.17) is 27.9 Å². The second kappa shape index (κ2) is 9.40. The Hall–Kier alpha value is -2.49. The van der Waals surface area contributed by atoms with Crippen molar-refractivity contribution in [1.29, 1.82) is 0 Å². The zero-order chi connectivity index (χ0) is 24.6. The third-order valence-corrected chi connectivity index (χ3v) is 7.01. The predicted molar refractivity (Wildman–Crippen MR) is 129 cm³/mol. The summed E-state index contributed by atoms with van der Waals surface area (Å²) in [6.07, 6.45) is 0.542. The van der Waals surface area contributed by atoms with Gasteiger partial charge in [0.15, 0.2) is 0 Å². The van der Waals surface area contributed by atoms with Crippen LogP contribution in [0.1, 0.15) is 26.3 Å². The van der Waals surface area contributed by atoms with E-state index in [0.29, 0.717) is 18.7 Å². The molecule has 8 nitrogen and oxygen atoms in total. The van der Waals surface area contributed by atoms with Crippen LogP contribution in [-0.2, 0) is 26.0 Å². The highest BCUT2D eigenvalue weighted by molar-refractivity contribution is 7.92. The van der Waals surface area contributed by atoms with Crippen molar-refractivity contribution < 1.29 is 22.7 Å². The highest BCUT2D eigenvalue weighted by Crippen LogP contribution is 2.34. The fourth-order valence-corrected chi connectivity index (χ4v) is 5.63. The van der Waals surface area contributed by atoms with Crippen LogP contribution >= 0.6 is 23.2 Å². The van der Waals surface area contributed by atoms with Crippen LogP contribution < -0.4 is 14.5 Å². The maximum Gasteiger partial charge on any atom is 0.327 e. The molecule has 0 aromatic heterocycles. The van der Waals surface area contributed by atoms with Crippen LogP contribution in [0.3, 0.4) is 0 Å². The third kappa shape index (κ3) is 5.72. The van der Waals surface area contributed by atoms with Crippen molar-refractivity contribution in [3.63, 3.8) is 0 Å². The van der Waals surface area contributed by atoms with Gasteiger partial charge in [-0.3, -0.25) is 14.0 Å². The van der Waals surface area contributed by atoms with Gasteiger partial charge in [0.1, 0.15) is 12.1 Å². The van der Waals surface area contributed by atoms with Crippen molar-refractivity contribution in [2.24, 2.45) is 0 Å². The van der Waals surface area contributed by atoms with Crippen molar-refractivity contribution in [2.45, 2.75) is 37.7 Å². The Bertz CT molecular complexity index is 1170. The van der Waals surface area contributed by atoms with E-state index in [1.165, 1.54) is 18.2 Å². The summed E-state index contributed by atoms with van der Waals surface area (Å²) in [4.78, 5) is 26.1. The fraction of sp³-hybridized carbons (Fsp3) is 0.364. The second-order valence-corrected chi connectivity index (χ2v) is 11.2. The number of amides is 2. The number of nitrogens with one attached hydrogen (secondary N) is 1. The summed E-state index contributed by atoms with van der Waals surface area (Å²) in [5.41, 5.74) is 0.926. The summed E-state index contributed by atoms with van der Waals surface area (Å²) in [6.45, 7) is 5.00. The third-order valence-electron chi connectivity index (χ3n) is 4.82. The lowest BCUT2D eigenvalue weighted by molar-refractivity contribution is -0.152. The molecule has 3 rings (SSSR count). The summed E-state index contributed by atoms with van der Waals surface area (Å²) in [5, 5.41) is 2.88. The first-order valence-corrected chi connectivity index (χ1v) is 12.3. The van der Waals surface area contributed by atoms with Crippen molar-refractivity contribution in [3.8, 4) is 0 Å². The quantitative estimate of drug-likeness (QED) is 0.603. The number of halogens is 2. The molecule has 0 bridgehead atoms. The van der Waals surface area contributed by atoms with Gasteiger partial charge in [-0.2, -0.15) is 0 Å². The van der Waals surface area contributed by atoms with Crippen molar-refractivity contribution in [2.75, 3.05) is 29.3 Å². The monoisotopic (exact) mass is 513 g/mol. The van der Waals surface area contributed by atoms with E-state index in [2.05, 4.69) is 5.32 Å². The van der Waals surface area contributed by atoms with Crippen LogP contribution in [-0.4, -0.2) is 46.2 Å². The van der Waals surface area contributed by atoms with E-state index < -0.39 is 28.1 Å². The van der Waals surface area contributed by atoms with Crippen molar-refractivity contribution in [3.05, 3.63) is 52.0 Å². The first kappa shape index (κ1) is 25.1. The van der Waals surface area contributed by atoms with Crippen LogP contribution in [0.4, 0.5) is 16.2 Å². The molecule has 11 heteroatoms. The van der Waals surface area contributed by atoms with Gasteiger partial charge in [-0.15, -0.1) is 0 Å². The van der Waals surface area contributed by atoms with E-state index in [-0.39, 0.29) is 26.7 Å². The van der Waals surface area contributed by atoms with E-state index in [1.807, 2.05) is 0 Å². The minimum Gasteiger partial charge on any atom is -0.459 e. The number of esters is 1. The molecule has 0 aliphatic carbocycles. The molecule has 0 spiro atoms. The Morgan fingerprint density at radius 2 is 1.76 bits per heavy atom. The Labute approximate surface area is 203 Å².